The maximum atomic E-state index is 14.6. The van der Waals surface area contributed by atoms with Crippen LogP contribution in [0, 0.1) is 16.7 Å². The van der Waals surface area contributed by atoms with Crippen molar-refractivity contribution in [2.24, 2.45) is 16.7 Å². The molecule has 4 nitrogen and oxygen atoms in total. The summed E-state index contributed by atoms with van der Waals surface area (Å²) < 4.78 is 36.0. The highest BCUT2D eigenvalue weighted by atomic mass is 32.3. The van der Waals surface area contributed by atoms with Crippen LogP contribution in [-0.4, -0.2) is 20.0 Å². The van der Waals surface area contributed by atoms with Crippen LogP contribution >= 0.6 is 10.3 Å². The van der Waals surface area contributed by atoms with E-state index in [4.69, 9.17) is 3.63 Å². The Bertz CT molecular complexity index is 1570. The first-order chi connectivity index (χ1) is 22.1. The average molecular weight is 659 g/mol. The molecule has 0 amide bonds. The third-order valence-electron chi connectivity index (χ3n) is 12.4. The highest BCUT2D eigenvalue weighted by Gasteiger charge is 2.65. The largest absolute Gasteiger partial charge is 0.299 e. The second-order valence-electron chi connectivity index (χ2n) is 15.1. The SMILES string of the molecule is CC1(C)C2CCC1(CS(=O)(=O)OS(c1ccccc1)(c1ccc(C3CCCCC3)cc1)c1ccc(C3CCCCC3)cc1)C(=O)C2. The molecule has 3 aromatic rings. The van der Waals surface area contributed by atoms with Crippen LogP contribution in [-0.2, 0) is 18.5 Å². The molecule has 0 radical (unpaired) electrons. The molecule has 2 unspecified atom stereocenters. The van der Waals surface area contributed by atoms with Crippen molar-refractivity contribution in [3.05, 3.63) is 90.0 Å². The van der Waals surface area contributed by atoms with Crippen LogP contribution in [0.3, 0.4) is 0 Å². The second-order valence-corrected chi connectivity index (χ2v) is 19.6. The number of ketones is 1. The standard InChI is InChI=1S/C40H50O4S2/c1-39(2)34-26-27-40(39,38(41)28-34)29-45(42,43)44-46(35-16-10-5-11-17-35,36-22-18-32(19-23-36)30-12-6-3-7-13-30)37-24-20-33(21-25-37)31-14-8-4-9-15-31/h5,10-11,16-25,30-31,34H,3-4,6-9,12-15,26-29H2,1-2H3. The van der Waals surface area contributed by atoms with Crippen molar-refractivity contribution < 1.29 is 16.8 Å². The van der Waals surface area contributed by atoms with Gasteiger partial charge in [0, 0.05) is 21.1 Å². The minimum absolute atomic E-state index is 0.0925. The van der Waals surface area contributed by atoms with Gasteiger partial charge in [-0.3, -0.25) is 4.79 Å². The summed E-state index contributed by atoms with van der Waals surface area (Å²) in [5.74, 6) is 1.17. The van der Waals surface area contributed by atoms with Crippen molar-refractivity contribution in [1.82, 2.24) is 0 Å². The van der Waals surface area contributed by atoms with Crippen LogP contribution < -0.4 is 0 Å². The Balaban J connectivity index is 1.34. The molecule has 246 valence electrons. The third kappa shape index (κ3) is 5.60. The highest BCUT2D eigenvalue weighted by Crippen LogP contribution is 2.71. The van der Waals surface area contributed by atoms with Crippen LogP contribution in [0.15, 0.2) is 93.5 Å². The van der Waals surface area contributed by atoms with Gasteiger partial charge < -0.3 is 0 Å². The van der Waals surface area contributed by atoms with E-state index in [0.29, 0.717) is 24.7 Å². The van der Waals surface area contributed by atoms with E-state index in [9.17, 15) is 13.2 Å². The normalized spacial score (nSPS) is 26.0. The van der Waals surface area contributed by atoms with Crippen molar-refractivity contribution in [2.45, 2.75) is 124 Å². The van der Waals surface area contributed by atoms with E-state index in [1.807, 2.05) is 30.3 Å². The van der Waals surface area contributed by atoms with Crippen molar-refractivity contribution in [3.63, 3.8) is 0 Å². The third-order valence-corrected chi connectivity index (χ3v) is 17.7. The average Bonchev–Trinajstić information content (AvgIpc) is 3.43. The molecule has 4 aliphatic carbocycles. The summed E-state index contributed by atoms with van der Waals surface area (Å²) in [7, 11) is -6.86. The monoisotopic (exact) mass is 658 g/mol. The summed E-state index contributed by atoms with van der Waals surface area (Å²) >= 11 is 0. The predicted molar refractivity (Wildman–Crippen MR) is 187 cm³/mol. The second kappa shape index (κ2) is 12.6. The molecule has 0 saturated heterocycles. The van der Waals surface area contributed by atoms with E-state index >= 15 is 0 Å². The summed E-state index contributed by atoms with van der Waals surface area (Å²) in [6.07, 6.45) is 14.5. The zero-order valence-electron chi connectivity index (χ0n) is 27.6. The maximum Gasteiger partial charge on any atom is 0.278 e. The van der Waals surface area contributed by atoms with Crippen LogP contribution in [0.4, 0.5) is 0 Å². The fourth-order valence-electron chi connectivity index (χ4n) is 9.46. The minimum atomic E-state index is -4.16. The summed E-state index contributed by atoms with van der Waals surface area (Å²) in [6, 6.07) is 27.3. The molecule has 3 aromatic carbocycles. The van der Waals surface area contributed by atoms with Crippen molar-refractivity contribution >= 4 is 26.2 Å². The van der Waals surface area contributed by atoms with Gasteiger partial charge in [-0.15, -0.1) is 0 Å². The fraction of sp³-hybridized carbons (Fsp3) is 0.525. The number of benzene rings is 3. The smallest absolute Gasteiger partial charge is 0.278 e. The molecule has 0 heterocycles. The van der Waals surface area contributed by atoms with Crippen molar-refractivity contribution in [2.75, 3.05) is 5.75 Å². The fourth-order valence-corrected chi connectivity index (χ4v) is 15.5. The van der Waals surface area contributed by atoms with Gasteiger partial charge in [0.1, 0.15) is 5.78 Å². The quantitative estimate of drug-likeness (QED) is 0.230. The van der Waals surface area contributed by atoms with Crippen LogP contribution in [0.25, 0.3) is 0 Å². The number of carbonyl (C=O) groups excluding carboxylic acids is 1. The Morgan fingerprint density at radius 3 is 1.57 bits per heavy atom. The number of hydrogen-bond donors (Lipinski definition) is 0. The number of fused-ring (bicyclic) bond motifs is 2. The van der Waals surface area contributed by atoms with Crippen molar-refractivity contribution in [3.8, 4) is 0 Å². The lowest BCUT2D eigenvalue weighted by Gasteiger charge is -2.42. The highest BCUT2D eigenvalue weighted by molar-refractivity contribution is 8.33. The zero-order chi connectivity index (χ0) is 32.0. The van der Waals surface area contributed by atoms with Gasteiger partial charge in [-0.25, -0.2) is 3.63 Å². The molecular weight excluding hydrogens is 609 g/mol. The van der Waals surface area contributed by atoms with E-state index in [0.717, 1.165) is 21.1 Å². The molecule has 0 spiro atoms. The van der Waals surface area contributed by atoms with Crippen LogP contribution in [0.5, 0.6) is 0 Å². The lowest BCUT2D eigenvalue weighted by Crippen LogP contribution is -2.42. The molecule has 6 heteroatoms. The molecule has 2 atom stereocenters. The number of Topliss-reactive ketones (excluding diaryl/α,β-unsaturated/α-hetero) is 1. The molecule has 46 heavy (non-hydrogen) atoms. The van der Waals surface area contributed by atoms with Crippen molar-refractivity contribution in [1.29, 1.82) is 0 Å². The lowest BCUT2D eigenvalue weighted by molar-refractivity contribution is -0.128. The number of rotatable bonds is 9. The molecule has 4 saturated carbocycles. The minimum Gasteiger partial charge on any atom is -0.299 e. The van der Waals surface area contributed by atoms with Gasteiger partial charge in [0.25, 0.3) is 10.1 Å². The van der Waals surface area contributed by atoms with Crippen LogP contribution in [0.2, 0.25) is 0 Å². The number of carbonyl (C=O) groups is 1. The van der Waals surface area contributed by atoms with Gasteiger partial charge in [-0.1, -0.05) is 94.8 Å². The van der Waals surface area contributed by atoms with E-state index in [1.165, 1.54) is 75.3 Å². The van der Waals surface area contributed by atoms with Gasteiger partial charge in [-0.2, -0.15) is 8.42 Å². The predicted octanol–water partition coefficient (Wildman–Crippen LogP) is 10.7. The van der Waals surface area contributed by atoms with Crippen LogP contribution in [0.1, 0.15) is 120 Å². The first-order valence-electron chi connectivity index (χ1n) is 17.7. The summed E-state index contributed by atoms with van der Waals surface area (Å²) in [5.41, 5.74) is 1.40. The van der Waals surface area contributed by atoms with Gasteiger partial charge in [0.15, 0.2) is 0 Å². The summed E-state index contributed by atoms with van der Waals surface area (Å²) in [6.45, 7) is 4.19. The van der Waals surface area contributed by atoms with Gasteiger partial charge in [0.05, 0.1) is 11.2 Å². The Kier molecular flexibility index (Phi) is 8.78. The molecule has 0 N–H and O–H groups in total. The Morgan fingerprint density at radius 1 is 0.652 bits per heavy atom. The molecular formula is C40H50O4S2. The summed E-state index contributed by atoms with van der Waals surface area (Å²) in [5, 5.41) is 0. The van der Waals surface area contributed by atoms with Gasteiger partial charge in [-0.05, 0) is 120 Å². The first-order valence-corrected chi connectivity index (χ1v) is 20.8. The van der Waals surface area contributed by atoms with Gasteiger partial charge in [0.2, 0.25) is 0 Å². The van der Waals surface area contributed by atoms with E-state index < -0.39 is 25.8 Å². The molecule has 7 rings (SSSR count). The first kappa shape index (κ1) is 32.2. The Labute approximate surface area is 278 Å². The van der Waals surface area contributed by atoms with E-state index in [1.54, 1.807) is 0 Å². The molecule has 4 fully saturated rings. The Morgan fingerprint density at radius 2 is 1.13 bits per heavy atom. The maximum absolute atomic E-state index is 14.6. The van der Waals surface area contributed by atoms with E-state index in [-0.39, 0.29) is 22.9 Å². The molecule has 2 bridgehead atoms. The lowest BCUT2D eigenvalue weighted by atomic mass is 9.70. The summed E-state index contributed by atoms with van der Waals surface area (Å²) in [4.78, 5) is 16.1. The topological polar surface area (TPSA) is 60.4 Å². The van der Waals surface area contributed by atoms with E-state index in [2.05, 4.69) is 62.4 Å². The number of hydrogen-bond acceptors (Lipinski definition) is 4. The Hall–Kier alpha value is -2.41. The zero-order valence-corrected chi connectivity index (χ0v) is 29.2. The van der Waals surface area contributed by atoms with Gasteiger partial charge >= 0.3 is 0 Å². The molecule has 0 aliphatic heterocycles. The molecule has 4 aliphatic rings. The molecule has 0 aromatic heterocycles.